The number of carbonyl (C=O) groups is 1. The van der Waals surface area contributed by atoms with Crippen molar-refractivity contribution in [3.05, 3.63) is 0 Å². The highest BCUT2D eigenvalue weighted by atomic mass is 35.7. The second kappa shape index (κ2) is 3.71. The topological polar surface area (TPSA) is 63.7 Å². The first-order valence-corrected chi connectivity index (χ1v) is 6.12. The van der Waals surface area contributed by atoms with E-state index >= 15 is 0 Å². The summed E-state index contributed by atoms with van der Waals surface area (Å²) in [6.07, 6.45) is 0.360. The molecular formula is C6H10ClNO4S. The molecule has 1 heterocycles. The van der Waals surface area contributed by atoms with Crippen molar-refractivity contribution >= 4 is 25.8 Å². The molecule has 1 fully saturated rings. The molecule has 0 spiro atoms. The van der Waals surface area contributed by atoms with Crippen molar-refractivity contribution in [1.82, 2.24) is 4.90 Å². The fourth-order valence-corrected chi connectivity index (χ4v) is 2.85. The van der Waals surface area contributed by atoms with Crippen molar-refractivity contribution in [2.75, 3.05) is 13.7 Å². The first kappa shape index (κ1) is 10.6. The molecule has 0 radical (unpaired) electrons. The lowest BCUT2D eigenvalue weighted by Crippen LogP contribution is -2.38. The Bertz CT molecular complexity index is 302. The van der Waals surface area contributed by atoms with Gasteiger partial charge in [0.2, 0.25) is 0 Å². The molecule has 1 atom stereocenters. The number of hydrogen-bond acceptors (Lipinski definition) is 4. The zero-order valence-corrected chi connectivity index (χ0v) is 8.64. The molecule has 0 N–H and O–H groups in total. The molecule has 76 valence electrons. The predicted octanol–water partition coefficient (Wildman–Crippen LogP) is 0.743. The van der Waals surface area contributed by atoms with E-state index in [0.29, 0.717) is 19.4 Å². The summed E-state index contributed by atoms with van der Waals surface area (Å²) in [5, 5.41) is -0.929. The molecule has 1 aliphatic heterocycles. The molecule has 0 aliphatic carbocycles. The van der Waals surface area contributed by atoms with E-state index in [1.54, 1.807) is 0 Å². The molecule has 0 aromatic heterocycles. The zero-order valence-electron chi connectivity index (χ0n) is 7.07. The second-order valence-electron chi connectivity index (χ2n) is 2.74. The number of halogens is 1. The molecule has 1 aliphatic rings. The highest BCUT2D eigenvalue weighted by molar-refractivity contribution is 8.14. The van der Waals surface area contributed by atoms with Crippen molar-refractivity contribution in [3.63, 3.8) is 0 Å². The maximum Gasteiger partial charge on any atom is 0.410 e. The molecule has 5 nitrogen and oxygen atoms in total. The minimum absolute atomic E-state index is 0.376. The second-order valence-corrected chi connectivity index (χ2v) is 5.52. The Labute approximate surface area is 81.0 Å². The van der Waals surface area contributed by atoms with E-state index < -0.39 is 20.5 Å². The van der Waals surface area contributed by atoms with Crippen LogP contribution in [0.15, 0.2) is 0 Å². The van der Waals surface area contributed by atoms with Gasteiger partial charge in [0.1, 0.15) is 0 Å². The number of carbonyl (C=O) groups excluding carboxylic acids is 1. The number of methoxy groups -OCH3 is 1. The van der Waals surface area contributed by atoms with Gasteiger partial charge in [0.05, 0.1) is 7.11 Å². The summed E-state index contributed by atoms with van der Waals surface area (Å²) in [6.45, 7) is 0.378. The van der Waals surface area contributed by atoms with Gasteiger partial charge in [-0.3, -0.25) is 4.90 Å². The number of nitrogens with zero attached hydrogens (tertiary/aromatic N) is 1. The van der Waals surface area contributed by atoms with E-state index in [1.807, 2.05) is 0 Å². The van der Waals surface area contributed by atoms with Gasteiger partial charge in [-0.05, 0) is 12.8 Å². The molecule has 0 aromatic rings. The monoisotopic (exact) mass is 227 g/mol. The third-order valence-electron chi connectivity index (χ3n) is 1.93. The molecule has 1 rings (SSSR count). The van der Waals surface area contributed by atoms with Crippen LogP contribution in [0.5, 0.6) is 0 Å². The van der Waals surface area contributed by atoms with Gasteiger partial charge in [-0.15, -0.1) is 0 Å². The molecule has 13 heavy (non-hydrogen) atoms. The van der Waals surface area contributed by atoms with Crippen LogP contribution in [0.2, 0.25) is 0 Å². The van der Waals surface area contributed by atoms with Crippen molar-refractivity contribution in [3.8, 4) is 0 Å². The standard InChI is InChI=1S/C6H10ClNO4S/c1-12-6(9)8-4-2-3-5(8)13(7,10)11/h5H,2-4H2,1H3. The van der Waals surface area contributed by atoms with E-state index in [9.17, 15) is 13.2 Å². The van der Waals surface area contributed by atoms with E-state index in [2.05, 4.69) is 4.74 Å². The lowest BCUT2D eigenvalue weighted by atomic mass is 10.4. The van der Waals surface area contributed by atoms with E-state index in [-0.39, 0.29) is 0 Å². The summed E-state index contributed by atoms with van der Waals surface area (Å²) in [4.78, 5) is 12.2. The Kier molecular flexibility index (Phi) is 3.02. The van der Waals surface area contributed by atoms with Gasteiger partial charge in [-0.25, -0.2) is 13.2 Å². The van der Waals surface area contributed by atoms with Gasteiger partial charge in [0.25, 0.3) is 9.05 Å². The molecule has 0 bridgehead atoms. The van der Waals surface area contributed by atoms with Crippen molar-refractivity contribution in [2.45, 2.75) is 18.2 Å². The Hall–Kier alpha value is -0.490. The average Bonchev–Trinajstić information content (AvgIpc) is 2.49. The molecule has 0 aromatic carbocycles. The molecule has 7 heteroatoms. The van der Waals surface area contributed by atoms with Crippen molar-refractivity contribution in [2.24, 2.45) is 0 Å². The molecule has 1 amide bonds. The fraction of sp³-hybridized carbons (Fsp3) is 0.833. The molecule has 1 unspecified atom stereocenters. The van der Waals surface area contributed by atoms with Crippen LogP contribution in [0, 0.1) is 0 Å². The minimum atomic E-state index is -3.71. The third kappa shape index (κ3) is 2.25. The van der Waals surface area contributed by atoms with E-state index in [4.69, 9.17) is 10.7 Å². The summed E-state index contributed by atoms with van der Waals surface area (Å²) in [5.41, 5.74) is 0. The van der Waals surface area contributed by atoms with E-state index in [0.717, 1.165) is 4.90 Å². The smallest absolute Gasteiger partial charge is 0.410 e. The summed E-state index contributed by atoms with van der Waals surface area (Å²) < 4.78 is 26.4. The summed E-state index contributed by atoms with van der Waals surface area (Å²) in [6, 6.07) is 0. The Morgan fingerprint density at radius 3 is 2.69 bits per heavy atom. The van der Waals surface area contributed by atoms with Crippen LogP contribution in [0.4, 0.5) is 4.79 Å². The Morgan fingerprint density at radius 1 is 1.62 bits per heavy atom. The fourth-order valence-electron chi connectivity index (χ4n) is 1.35. The van der Waals surface area contributed by atoms with Gasteiger partial charge in [-0.1, -0.05) is 0 Å². The summed E-state index contributed by atoms with van der Waals surface area (Å²) in [5.74, 6) is 0. The third-order valence-corrected chi connectivity index (χ3v) is 3.69. The lowest BCUT2D eigenvalue weighted by molar-refractivity contribution is 0.128. The predicted molar refractivity (Wildman–Crippen MR) is 46.9 cm³/mol. The quantitative estimate of drug-likeness (QED) is 0.620. The van der Waals surface area contributed by atoms with Gasteiger partial charge >= 0.3 is 6.09 Å². The summed E-state index contributed by atoms with van der Waals surface area (Å²) in [7, 11) is 2.66. The molecular weight excluding hydrogens is 218 g/mol. The van der Waals surface area contributed by atoms with Gasteiger partial charge in [0.15, 0.2) is 5.37 Å². The number of rotatable bonds is 1. The first-order valence-electron chi connectivity index (χ1n) is 3.75. The summed E-state index contributed by atoms with van der Waals surface area (Å²) >= 11 is 0. The maximum atomic E-state index is 11.1. The van der Waals surface area contributed by atoms with Crippen molar-refractivity contribution in [1.29, 1.82) is 0 Å². The van der Waals surface area contributed by atoms with Crippen LogP contribution in [-0.4, -0.2) is 38.4 Å². The van der Waals surface area contributed by atoms with Crippen LogP contribution in [-0.2, 0) is 13.8 Å². The van der Waals surface area contributed by atoms with Crippen LogP contribution in [0.1, 0.15) is 12.8 Å². The zero-order chi connectivity index (χ0) is 10.1. The van der Waals surface area contributed by atoms with Crippen molar-refractivity contribution < 1.29 is 17.9 Å². The number of amides is 1. The Balaban J connectivity index is 2.82. The largest absolute Gasteiger partial charge is 0.453 e. The average molecular weight is 228 g/mol. The van der Waals surface area contributed by atoms with E-state index in [1.165, 1.54) is 7.11 Å². The minimum Gasteiger partial charge on any atom is -0.453 e. The SMILES string of the molecule is COC(=O)N1CCCC1S(=O)(=O)Cl. The van der Waals surface area contributed by atoms with Gasteiger partial charge in [0, 0.05) is 17.2 Å². The van der Waals surface area contributed by atoms with Crippen LogP contribution in [0.3, 0.4) is 0 Å². The van der Waals surface area contributed by atoms with Gasteiger partial charge < -0.3 is 4.74 Å². The lowest BCUT2D eigenvalue weighted by Gasteiger charge is -2.19. The highest BCUT2D eigenvalue weighted by Gasteiger charge is 2.37. The normalized spacial score (nSPS) is 23.2. The Morgan fingerprint density at radius 2 is 2.23 bits per heavy atom. The van der Waals surface area contributed by atoms with Gasteiger partial charge in [-0.2, -0.15) is 0 Å². The highest BCUT2D eigenvalue weighted by Crippen LogP contribution is 2.25. The van der Waals surface area contributed by atoms with Crippen LogP contribution in [0.25, 0.3) is 0 Å². The van der Waals surface area contributed by atoms with Crippen LogP contribution >= 0.6 is 10.7 Å². The maximum absolute atomic E-state index is 11.1. The number of ether oxygens (including phenoxy) is 1. The molecule has 0 saturated carbocycles. The number of likely N-dealkylation sites (tertiary alicyclic amines) is 1. The first-order chi connectivity index (χ1) is 5.96. The molecule has 1 saturated heterocycles. The van der Waals surface area contributed by atoms with Crippen LogP contribution < -0.4 is 0 Å². The number of hydrogen-bond donors (Lipinski definition) is 0.